The maximum Gasteiger partial charge on any atom is 0.0544 e. The van der Waals surface area contributed by atoms with Crippen molar-refractivity contribution in [3.8, 4) is 0 Å². The molecule has 2 N–H and O–H groups in total. The Balaban J connectivity index is 3.00. The molecule has 0 aliphatic heterocycles. The zero-order valence-corrected chi connectivity index (χ0v) is 8.68. The lowest BCUT2D eigenvalue weighted by molar-refractivity contribution is 0.0607. The fourth-order valence-corrected chi connectivity index (χ4v) is 0.971. The standard InChI is InChI=1S/C10H23NO/c1-4-10(3)12-8-6-5-7-9(2)11/h9-10H,4-8,11H2,1-3H3. The third kappa shape index (κ3) is 8.02. The Morgan fingerprint density at radius 3 is 2.42 bits per heavy atom. The summed E-state index contributed by atoms with van der Waals surface area (Å²) in [5, 5.41) is 0. The third-order valence-corrected chi connectivity index (χ3v) is 2.03. The van der Waals surface area contributed by atoms with Crippen LogP contribution in [-0.2, 0) is 4.74 Å². The topological polar surface area (TPSA) is 35.2 Å². The van der Waals surface area contributed by atoms with Crippen LogP contribution in [0, 0.1) is 0 Å². The van der Waals surface area contributed by atoms with Crippen LogP contribution >= 0.6 is 0 Å². The zero-order valence-electron chi connectivity index (χ0n) is 8.68. The second-order valence-corrected chi connectivity index (χ2v) is 3.56. The van der Waals surface area contributed by atoms with Crippen molar-refractivity contribution in [3.05, 3.63) is 0 Å². The molecule has 2 heteroatoms. The highest BCUT2D eigenvalue weighted by molar-refractivity contribution is 4.53. The summed E-state index contributed by atoms with van der Waals surface area (Å²) in [5.41, 5.74) is 5.62. The Kier molecular flexibility index (Phi) is 7.51. The molecular weight excluding hydrogens is 150 g/mol. The first kappa shape index (κ1) is 11.9. The van der Waals surface area contributed by atoms with Crippen LogP contribution in [0.5, 0.6) is 0 Å². The molecule has 0 rings (SSSR count). The van der Waals surface area contributed by atoms with Crippen LogP contribution in [0.1, 0.15) is 46.5 Å². The Morgan fingerprint density at radius 2 is 1.92 bits per heavy atom. The molecular formula is C10H23NO. The monoisotopic (exact) mass is 173 g/mol. The molecule has 0 heterocycles. The van der Waals surface area contributed by atoms with Crippen LogP contribution in [-0.4, -0.2) is 18.8 Å². The van der Waals surface area contributed by atoms with E-state index in [0.717, 1.165) is 25.9 Å². The number of hydrogen-bond donors (Lipinski definition) is 1. The number of hydrogen-bond acceptors (Lipinski definition) is 2. The molecule has 0 saturated carbocycles. The van der Waals surface area contributed by atoms with Crippen molar-refractivity contribution < 1.29 is 4.74 Å². The Labute approximate surface area is 76.5 Å². The van der Waals surface area contributed by atoms with E-state index in [-0.39, 0.29) is 0 Å². The molecule has 2 nitrogen and oxygen atoms in total. The van der Waals surface area contributed by atoms with E-state index in [0.29, 0.717) is 12.1 Å². The van der Waals surface area contributed by atoms with E-state index < -0.39 is 0 Å². The summed E-state index contributed by atoms with van der Waals surface area (Å²) in [4.78, 5) is 0. The lowest BCUT2D eigenvalue weighted by atomic mass is 10.1. The predicted molar refractivity (Wildman–Crippen MR) is 53.2 cm³/mol. The molecule has 0 bridgehead atoms. The smallest absolute Gasteiger partial charge is 0.0544 e. The molecule has 0 aromatic rings. The van der Waals surface area contributed by atoms with Gasteiger partial charge in [-0.15, -0.1) is 0 Å². The Morgan fingerprint density at radius 1 is 1.25 bits per heavy atom. The number of nitrogens with two attached hydrogens (primary N) is 1. The minimum absolute atomic E-state index is 0.341. The molecule has 0 spiro atoms. The van der Waals surface area contributed by atoms with Gasteiger partial charge in [0.05, 0.1) is 6.10 Å². The van der Waals surface area contributed by atoms with Crippen molar-refractivity contribution in [2.45, 2.75) is 58.6 Å². The van der Waals surface area contributed by atoms with Crippen molar-refractivity contribution in [1.29, 1.82) is 0 Å². The molecule has 0 aliphatic carbocycles. The first-order valence-corrected chi connectivity index (χ1v) is 5.04. The quantitative estimate of drug-likeness (QED) is 0.600. The highest BCUT2D eigenvalue weighted by atomic mass is 16.5. The van der Waals surface area contributed by atoms with Gasteiger partial charge in [0, 0.05) is 12.6 Å². The van der Waals surface area contributed by atoms with E-state index >= 15 is 0 Å². The first-order chi connectivity index (χ1) is 5.66. The molecule has 12 heavy (non-hydrogen) atoms. The van der Waals surface area contributed by atoms with Crippen LogP contribution in [0.25, 0.3) is 0 Å². The molecule has 0 saturated heterocycles. The number of ether oxygens (including phenoxy) is 1. The van der Waals surface area contributed by atoms with E-state index in [1.54, 1.807) is 0 Å². The van der Waals surface area contributed by atoms with E-state index in [4.69, 9.17) is 10.5 Å². The lowest BCUT2D eigenvalue weighted by Crippen LogP contribution is -2.14. The summed E-state index contributed by atoms with van der Waals surface area (Å²) in [7, 11) is 0. The van der Waals surface area contributed by atoms with Gasteiger partial charge in [0.1, 0.15) is 0 Å². The molecule has 0 aliphatic rings. The molecule has 74 valence electrons. The van der Waals surface area contributed by atoms with E-state index in [2.05, 4.69) is 20.8 Å². The molecule has 2 unspecified atom stereocenters. The largest absolute Gasteiger partial charge is 0.379 e. The van der Waals surface area contributed by atoms with Crippen molar-refractivity contribution in [3.63, 3.8) is 0 Å². The van der Waals surface area contributed by atoms with Gasteiger partial charge in [-0.25, -0.2) is 0 Å². The minimum Gasteiger partial charge on any atom is -0.379 e. The van der Waals surface area contributed by atoms with Gasteiger partial charge in [-0.1, -0.05) is 6.92 Å². The third-order valence-electron chi connectivity index (χ3n) is 2.03. The van der Waals surface area contributed by atoms with Gasteiger partial charge in [-0.3, -0.25) is 0 Å². The summed E-state index contributed by atoms with van der Waals surface area (Å²) < 4.78 is 5.53. The summed E-state index contributed by atoms with van der Waals surface area (Å²) in [6.45, 7) is 7.20. The highest BCUT2D eigenvalue weighted by Crippen LogP contribution is 2.01. The summed E-state index contributed by atoms with van der Waals surface area (Å²) >= 11 is 0. The lowest BCUT2D eigenvalue weighted by Gasteiger charge is -2.10. The number of rotatable bonds is 7. The second-order valence-electron chi connectivity index (χ2n) is 3.56. The fraction of sp³-hybridized carbons (Fsp3) is 1.00. The Hall–Kier alpha value is -0.0800. The van der Waals surface area contributed by atoms with Gasteiger partial charge < -0.3 is 10.5 Å². The van der Waals surface area contributed by atoms with Crippen LogP contribution < -0.4 is 5.73 Å². The molecule has 0 aromatic carbocycles. The van der Waals surface area contributed by atoms with Crippen LogP contribution in [0.15, 0.2) is 0 Å². The van der Waals surface area contributed by atoms with Gasteiger partial charge in [-0.05, 0) is 39.5 Å². The van der Waals surface area contributed by atoms with E-state index in [1.165, 1.54) is 6.42 Å². The van der Waals surface area contributed by atoms with E-state index in [9.17, 15) is 0 Å². The molecule has 0 aromatic heterocycles. The van der Waals surface area contributed by atoms with Crippen LogP contribution in [0.3, 0.4) is 0 Å². The van der Waals surface area contributed by atoms with E-state index in [1.807, 2.05) is 0 Å². The van der Waals surface area contributed by atoms with Gasteiger partial charge in [0.2, 0.25) is 0 Å². The minimum atomic E-state index is 0.341. The van der Waals surface area contributed by atoms with Crippen molar-refractivity contribution in [2.24, 2.45) is 5.73 Å². The van der Waals surface area contributed by atoms with Crippen LogP contribution in [0.4, 0.5) is 0 Å². The average molecular weight is 173 g/mol. The average Bonchev–Trinajstić information content (AvgIpc) is 2.03. The van der Waals surface area contributed by atoms with Gasteiger partial charge in [0.25, 0.3) is 0 Å². The van der Waals surface area contributed by atoms with Crippen LogP contribution in [0.2, 0.25) is 0 Å². The zero-order chi connectivity index (χ0) is 9.40. The van der Waals surface area contributed by atoms with Gasteiger partial charge >= 0.3 is 0 Å². The van der Waals surface area contributed by atoms with Crippen molar-refractivity contribution >= 4 is 0 Å². The van der Waals surface area contributed by atoms with Crippen molar-refractivity contribution in [2.75, 3.05) is 6.61 Å². The van der Waals surface area contributed by atoms with Gasteiger partial charge in [0.15, 0.2) is 0 Å². The maximum absolute atomic E-state index is 5.62. The fourth-order valence-electron chi connectivity index (χ4n) is 0.971. The predicted octanol–water partition coefficient (Wildman–Crippen LogP) is 2.32. The summed E-state index contributed by atoms with van der Waals surface area (Å²) in [6.07, 6.45) is 4.97. The molecule has 0 fully saturated rings. The normalized spacial score (nSPS) is 16.0. The second kappa shape index (κ2) is 7.56. The molecule has 0 amide bonds. The maximum atomic E-state index is 5.62. The van der Waals surface area contributed by atoms with Gasteiger partial charge in [-0.2, -0.15) is 0 Å². The summed E-state index contributed by atoms with van der Waals surface area (Å²) in [6, 6.07) is 0.341. The molecule has 2 atom stereocenters. The summed E-state index contributed by atoms with van der Waals surface area (Å²) in [5.74, 6) is 0. The van der Waals surface area contributed by atoms with Crippen molar-refractivity contribution in [1.82, 2.24) is 0 Å². The highest BCUT2D eigenvalue weighted by Gasteiger charge is 1.98. The first-order valence-electron chi connectivity index (χ1n) is 5.04. The number of unbranched alkanes of at least 4 members (excludes halogenated alkanes) is 1. The molecule has 0 radical (unpaired) electrons. The SMILES string of the molecule is CCC(C)OCCCCC(C)N. The Bertz CT molecular complexity index is 93.8.